The van der Waals surface area contributed by atoms with E-state index < -0.39 is 6.85 Å². The molecule has 0 radical (unpaired) electrons. The van der Waals surface area contributed by atoms with Crippen LogP contribution in [-0.2, 0) is 12.5 Å². The predicted octanol–water partition coefficient (Wildman–Crippen LogP) is 5.28. The third-order valence-electron chi connectivity index (χ3n) is 5.95. The average Bonchev–Trinajstić information content (AvgIpc) is 2.90. The van der Waals surface area contributed by atoms with Crippen molar-refractivity contribution >= 4 is 0 Å². The molecule has 2 heteroatoms. The number of benzene rings is 2. The smallest absolute Gasteiger partial charge is 0.199 e. The van der Waals surface area contributed by atoms with Gasteiger partial charge in [0, 0.05) is 28.6 Å². The summed E-state index contributed by atoms with van der Waals surface area (Å²) in [5, 5.41) is 9.39. The molecule has 0 saturated carbocycles. The second-order valence-corrected chi connectivity index (χ2v) is 8.01. The van der Waals surface area contributed by atoms with Gasteiger partial charge in [-0.2, -0.15) is 9.83 Å². The highest BCUT2D eigenvalue weighted by atomic mass is 14.9. The minimum atomic E-state index is -2.17. The summed E-state index contributed by atoms with van der Waals surface area (Å²) in [5.74, 6) is 0. The highest BCUT2D eigenvalue weighted by Gasteiger charge is 2.39. The Bertz CT molecular complexity index is 1240. The van der Waals surface area contributed by atoms with Crippen LogP contribution in [-0.4, -0.2) is 0 Å². The summed E-state index contributed by atoms with van der Waals surface area (Å²) in [6.45, 7) is 6.25. The fourth-order valence-corrected chi connectivity index (χ4v) is 4.46. The standard InChI is InChI=1S/C25H25N2/c1-15-11-17(3)27(6)22(12-15)23-16(2)7-9-19-20-13-18(14-26)8-10-21(20)25(4,5)24(19)23/h7-13H,1-6H3/q+1/i1D3. The Balaban J connectivity index is 2.10. The van der Waals surface area contributed by atoms with E-state index in [1.807, 2.05) is 32.2 Å². The lowest BCUT2D eigenvalue weighted by atomic mass is 9.78. The SMILES string of the molecule is [2H]C([2H])([2H])c1cc(C)[n+](C)c(-c2c(C)ccc3c2C(C)(C)c2ccc(C#N)cc2-3)c1. The van der Waals surface area contributed by atoms with Gasteiger partial charge in [-0.15, -0.1) is 0 Å². The fourth-order valence-electron chi connectivity index (χ4n) is 4.46. The van der Waals surface area contributed by atoms with E-state index in [2.05, 4.69) is 49.6 Å². The number of aryl methyl sites for hydroxylation is 3. The Hall–Kier alpha value is -2.92. The maximum Gasteiger partial charge on any atom is 0.213 e. The van der Waals surface area contributed by atoms with Crippen LogP contribution < -0.4 is 4.57 Å². The number of hydrogen-bond donors (Lipinski definition) is 0. The van der Waals surface area contributed by atoms with Crippen molar-refractivity contribution in [2.45, 2.75) is 40.0 Å². The second-order valence-electron chi connectivity index (χ2n) is 8.01. The van der Waals surface area contributed by atoms with Crippen molar-refractivity contribution in [3.05, 3.63) is 76.0 Å². The Morgan fingerprint density at radius 3 is 2.52 bits per heavy atom. The molecule has 0 fully saturated rings. The molecule has 27 heavy (non-hydrogen) atoms. The predicted molar refractivity (Wildman–Crippen MR) is 110 cm³/mol. The Labute approximate surface area is 165 Å². The summed E-state index contributed by atoms with van der Waals surface area (Å²) >= 11 is 0. The molecule has 0 bridgehead atoms. The molecule has 0 amide bonds. The molecule has 1 aliphatic carbocycles. The third kappa shape index (κ3) is 2.42. The Morgan fingerprint density at radius 2 is 1.81 bits per heavy atom. The van der Waals surface area contributed by atoms with Gasteiger partial charge in [0.05, 0.1) is 17.2 Å². The van der Waals surface area contributed by atoms with E-state index in [9.17, 15) is 5.26 Å². The number of aromatic nitrogens is 1. The van der Waals surface area contributed by atoms with E-state index in [0.717, 1.165) is 33.6 Å². The molecule has 0 unspecified atom stereocenters. The van der Waals surface area contributed by atoms with Crippen LogP contribution in [0.4, 0.5) is 0 Å². The van der Waals surface area contributed by atoms with Crippen LogP contribution in [0.3, 0.4) is 0 Å². The van der Waals surface area contributed by atoms with Crippen LogP contribution in [0, 0.1) is 32.0 Å². The van der Waals surface area contributed by atoms with E-state index >= 15 is 0 Å². The van der Waals surface area contributed by atoms with Gasteiger partial charge < -0.3 is 0 Å². The van der Waals surface area contributed by atoms with Gasteiger partial charge in [-0.1, -0.05) is 32.0 Å². The van der Waals surface area contributed by atoms with Crippen LogP contribution in [0.5, 0.6) is 0 Å². The lowest BCUT2D eigenvalue weighted by Gasteiger charge is -2.25. The fraction of sp³-hybridized carbons (Fsp3) is 0.280. The van der Waals surface area contributed by atoms with Crippen molar-refractivity contribution in [1.82, 2.24) is 0 Å². The van der Waals surface area contributed by atoms with Crippen molar-refractivity contribution in [3.63, 3.8) is 0 Å². The van der Waals surface area contributed by atoms with Crippen molar-refractivity contribution in [2.75, 3.05) is 0 Å². The molecule has 1 aromatic heterocycles. The molecule has 0 N–H and O–H groups in total. The molecule has 2 aromatic carbocycles. The van der Waals surface area contributed by atoms with Gasteiger partial charge in [-0.3, -0.25) is 0 Å². The minimum Gasteiger partial charge on any atom is -0.199 e. The lowest BCUT2D eigenvalue weighted by Crippen LogP contribution is -2.35. The maximum absolute atomic E-state index is 9.39. The molecule has 1 heterocycles. The largest absolute Gasteiger partial charge is 0.213 e. The maximum atomic E-state index is 9.39. The first-order chi connectivity index (χ1) is 14.0. The number of fused-ring (bicyclic) bond motifs is 3. The third-order valence-corrected chi connectivity index (χ3v) is 5.95. The number of nitrogens with zero attached hydrogens (tertiary/aromatic N) is 2. The first kappa shape index (κ1) is 14.2. The number of nitriles is 1. The summed E-state index contributed by atoms with van der Waals surface area (Å²) in [6, 6.07) is 15.9. The zero-order valence-electron chi connectivity index (χ0n) is 19.4. The van der Waals surface area contributed by atoms with Gasteiger partial charge in [0.15, 0.2) is 5.69 Å². The van der Waals surface area contributed by atoms with Crippen molar-refractivity contribution in [3.8, 4) is 28.5 Å². The average molecular weight is 357 g/mol. The van der Waals surface area contributed by atoms with Gasteiger partial charge in [-0.05, 0) is 59.3 Å². The molecular formula is C25H25N2+. The molecular weight excluding hydrogens is 328 g/mol. The molecule has 0 aliphatic heterocycles. The number of hydrogen-bond acceptors (Lipinski definition) is 1. The summed E-state index contributed by atoms with van der Waals surface area (Å²) < 4.78 is 25.9. The van der Waals surface area contributed by atoms with Crippen molar-refractivity contribution in [1.29, 1.82) is 5.26 Å². The molecule has 134 valence electrons. The van der Waals surface area contributed by atoms with Crippen LogP contribution in [0.15, 0.2) is 42.5 Å². The Morgan fingerprint density at radius 1 is 1.04 bits per heavy atom. The topological polar surface area (TPSA) is 27.7 Å². The van der Waals surface area contributed by atoms with Crippen LogP contribution in [0.25, 0.3) is 22.4 Å². The first-order valence-electron chi connectivity index (χ1n) is 10.7. The quantitative estimate of drug-likeness (QED) is 0.545. The van der Waals surface area contributed by atoms with E-state index in [-0.39, 0.29) is 5.41 Å². The van der Waals surface area contributed by atoms with E-state index in [0.29, 0.717) is 11.1 Å². The lowest BCUT2D eigenvalue weighted by molar-refractivity contribution is -0.666. The molecule has 0 saturated heterocycles. The molecule has 3 aromatic rings. The van der Waals surface area contributed by atoms with Gasteiger partial charge in [-0.25, -0.2) is 0 Å². The van der Waals surface area contributed by atoms with E-state index in [1.54, 1.807) is 6.07 Å². The highest BCUT2D eigenvalue weighted by molar-refractivity contribution is 5.88. The zero-order valence-corrected chi connectivity index (χ0v) is 16.4. The van der Waals surface area contributed by atoms with Crippen molar-refractivity contribution in [2.24, 2.45) is 7.05 Å². The summed E-state index contributed by atoms with van der Waals surface area (Å²) in [4.78, 5) is 0. The minimum absolute atomic E-state index is 0.267. The van der Waals surface area contributed by atoms with Crippen LogP contribution >= 0.6 is 0 Å². The van der Waals surface area contributed by atoms with E-state index in [1.165, 1.54) is 11.1 Å². The van der Waals surface area contributed by atoms with Gasteiger partial charge in [0.25, 0.3) is 0 Å². The highest BCUT2D eigenvalue weighted by Crippen LogP contribution is 2.52. The molecule has 0 atom stereocenters. The summed E-state index contributed by atoms with van der Waals surface area (Å²) in [6.07, 6.45) is 0. The number of pyridine rings is 1. The first-order valence-corrected chi connectivity index (χ1v) is 9.17. The van der Waals surface area contributed by atoms with Gasteiger partial charge in [0.1, 0.15) is 7.05 Å². The molecule has 0 spiro atoms. The van der Waals surface area contributed by atoms with Gasteiger partial charge >= 0.3 is 0 Å². The van der Waals surface area contributed by atoms with Crippen molar-refractivity contribution < 1.29 is 8.68 Å². The van der Waals surface area contributed by atoms with Gasteiger partial charge in [0.2, 0.25) is 5.69 Å². The van der Waals surface area contributed by atoms with E-state index in [4.69, 9.17) is 4.11 Å². The molecule has 2 nitrogen and oxygen atoms in total. The summed E-state index contributed by atoms with van der Waals surface area (Å²) in [5.41, 5.74) is 9.28. The summed E-state index contributed by atoms with van der Waals surface area (Å²) in [7, 11) is 1.98. The normalized spacial score (nSPS) is 15.9. The molecule has 4 rings (SSSR count). The molecule has 1 aliphatic rings. The Kier molecular flexibility index (Phi) is 3.04. The van der Waals surface area contributed by atoms with Crippen LogP contribution in [0.1, 0.15) is 51.5 Å². The second kappa shape index (κ2) is 5.79. The number of rotatable bonds is 1. The zero-order chi connectivity index (χ0) is 22.0. The monoisotopic (exact) mass is 356 g/mol. The van der Waals surface area contributed by atoms with Crippen LogP contribution in [0.2, 0.25) is 0 Å².